The molecule has 0 unspecified atom stereocenters. The number of rotatable bonds is 8. The molecule has 0 bridgehead atoms. The lowest BCUT2D eigenvalue weighted by atomic mass is 10.1. The van der Waals surface area contributed by atoms with Gasteiger partial charge in [-0.1, -0.05) is 54.1 Å². The maximum atomic E-state index is 12.0. The molecule has 0 aliphatic rings. The first-order valence-corrected chi connectivity index (χ1v) is 10.2. The van der Waals surface area contributed by atoms with Gasteiger partial charge in [0, 0.05) is 35.1 Å². The predicted molar refractivity (Wildman–Crippen MR) is 118 cm³/mol. The van der Waals surface area contributed by atoms with E-state index in [0.717, 1.165) is 40.5 Å². The van der Waals surface area contributed by atoms with E-state index >= 15 is 0 Å². The van der Waals surface area contributed by atoms with Crippen molar-refractivity contribution in [1.82, 2.24) is 9.88 Å². The maximum Gasteiger partial charge on any atom is 0.337 e. The number of nitrogens with one attached hydrogen (secondary N) is 1. The number of nitrogens with zero attached hydrogens (tertiary/aromatic N) is 1. The molecule has 0 atom stereocenters. The summed E-state index contributed by atoms with van der Waals surface area (Å²) < 4.78 is 2.11. The summed E-state index contributed by atoms with van der Waals surface area (Å²) in [6, 6.07) is 16.0. The highest BCUT2D eigenvalue weighted by Gasteiger charge is 2.22. The van der Waals surface area contributed by atoms with Crippen LogP contribution in [-0.4, -0.2) is 22.2 Å². The Kier molecular flexibility index (Phi) is 6.78. The van der Waals surface area contributed by atoms with Crippen molar-refractivity contribution in [2.45, 2.75) is 40.3 Å². The Hall–Kier alpha value is -2.56. The Bertz CT molecular complexity index is 1020. The van der Waals surface area contributed by atoms with Crippen LogP contribution in [0.4, 0.5) is 0 Å². The zero-order valence-corrected chi connectivity index (χ0v) is 17.9. The summed E-state index contributed by atoms with van der Waals surface area (Å²) in [5.74, 6) is -0.878. The second-order valence-corrected chi connectivity index (χ2v) is 7.77. The number of aromatic carboxylic acids is 1. The summed E-state index contributed by atoms with van der Waals surface area (Å²) in [5.41, 5.74) is 6.53. The molecule has 3 aromatic rings. The summed E-state index contributed by atoms with van der Waals surface area (Å²) in [4.78, 5) is 12.0. The third-order valence-corrected chi connectivity index (χ3v) is 5.91. The Balaban J connectivity index is 1.78. The van der Waals surface area contributed by atoms with Gasteiger partial charge in [-0.2, -0.15) is 0 Å². The molecule has 3 rings (SSSR count). The normalized spacial score (nSPS) is 11.0. The van der Waals surface area contributed by atoms with Crippen LogP contribution in [0.25, 0.3) is 0 Å². The van der Waals surface area contributed by atoms with Crippen LogP contribution in [0.3, 0.4) is 0 Å². The van der Waals surface area contributed by atoms with Gasteiger partial charge in [0.15, 0.2) is 0 Å². The molecule has 4 nitrogen and oxygen atoms in total. The molecule has 152 valence electrons. The topological polar surface area (TPSA) is 54.3 Å². The van der Waals surface area contributed by atoms with Gasteiger partial charge in [-0.3, -0.25) is 0 Å². The summed E-state index contributed by atoms with van der Waals surface area (Å²) in [7, 11) is 0. The van der Waals surface area contributed by atoms with Crippen molar-refractivity contribution >= 4 is 17.6 Å². The minimum atomic E-state index is -0.878. The van der Waals surface area contributed by atoms with E-state index in [1.807, 2.05) is 50.2 Å². The third-order valence-electron chi connectivity index (χ3n) is 5.54. The van der Waals surface area contributed by atoms with Gasteiger partial charge in [-0.05, 0) is 56.5 Å². The molecule has 5 heteroatoms. The van der Waals surface area contributed by atoms with E-state index in [0.29, 0.717) is 18.7 Å². The minimum Gasteiger partial charge on any atom is -0.478 e. The highest BCUT2D eigenvalue weighted by molar-refractivity contribution is 6.31. The lowest BCUT2D eigenvalue weighted by Gasteiger charge is -2.12. The SMILES string of the molecule is Cc1ccccc1Cn1c(C)c(CNCCc2ccccc2Cl)c(C(=O)O)c1C. The van der Waals surface area contributed by atoms with E-state index in [2.05, 4.69) is 28.9 Å². The number of aryl methyl sites for hydroxylation is 1. The van der Waals surface area contributed by atoms with Crippen molar-refractivity contribution in [2.24, 2.45) is 0 Å². The quantitative estimate of drug-likeness (QED) is 0.505. The van der Waals surface area contributed by atoms with E-state index in [9.17, 15) is 9.90 Å². The van der Waals surface area contributed by atoms with Gasteiger partial charge in [0.05, 0.1) is 5.56 Å². The van der Waals surface area contributed by atoms with Gasteiger partial charge < -0.3 is 15.0 Å². The molecular weight excluding hydrogens is 384 g/mol. The average molecular weight is 411 g/mol. The summed E-state index contributed by atoms with van der Waals surface area (Å²) >= 11 is 6.22. The molecule has 0 aliphatic carbocycles. The summed E-state index contributed by atoms with van der Waals surface area (Å²) in [5, 5.41) is 14.0. The number of carboxylic acid groups (broad SMARTS) is 1. The number of halogens is 1. The Morgan fingerprint density at radius 1 is 1.00 bits per heavy atom. The fraction of sp³-hybridized carbons (Fsp3) is 0.292. The van der Waals surface area contributed by atoms with Gasteiger partial charge >= 0.3 is 5.97 Å². The first kappa shape index (κ1) is 21.2. The molecule has 2 aromatic carbocycles. The van der Waals surface area contributed by atoms with E-state index in [-0.39, 0.29) is 0 Å². The lowest BCUT2D eigenvalue weighted by molar-refractivity contribution is 0.0694. The highest BCUT2D eigenvalue weighted by Crippen LogP contribution is 2.24. The molecule has 0 radical (unpaired) electrons. The van der Waals surface area contributed by atoms with Crippen LogP contribution >= 0.6 is 11.6 Å². The molecule has 0 saturated carbocycles. The molecule has 2 N–H and O–H groups in total. The Morgan fingerprint density at radius 2 is 1.66 bits per heavy atom. The van der Waals surface area contributed by atoms with Crippen molar-refractivity contribution < 1.29 is 9.90 Å². The zero-order valence-electron chi connectivity index (χ0n) is 17.1. The van der Waals surface area contributed by atoms with Crippen molar-refractivity contribution in [3.63, 3.8) is 0 Å². The third kappa shape index (κ3) is 4.72. The molecule has 0 spiro atoms. The number of carboxylic acids is 1. The van der Waals surface area contributed by atoms with Crippen LogP contribution < -0.4 is 5.32 Å². The second-order valence-electron chi connectivity index (χ2n) is 7.36. The van der Waals surface area contributed by atoms with Crippen molar-refractivity contribution in [1.29, 1.82) is 0 Å². The molecule has 0 fully saturated rings. The molecule has 1 heterocycles. The monoisotopic (exact) mass is 410 g/mol. The van der Waals surface area contributed by atoms with Crippen molar-refractivity contribution in [2.75, 3.05) is 6.54 Å². The van der Waals surface area contributed by atoms with Gasteiger partial charge in [0.2, 0.25) is 0 Å². The van der Waals surface area contributed by atoms with Crippen LogP contribution in [-0.2, 0) is 19.5 Å². The largest absolute Gasteiger partial charge is 0.478 e. The first-order valence-electron chi connectivity index (χ1n) is 9.80. The second kappa shape index (κ2) is 9.29. The van der Waals surface area contributed by atoms with Crippen LogP contribution in [0.15, 0.2) is 48.5 Å². The summed E-state index contributed by atoms with van der Waals surface area (Å²) in [6.07, 6.45) is 0.796. The maximum absolute atomic E-state index is 12.0. The highest BCUT2D eigenvalue weighted by atomic mass is 35.5. The molecule has 1 aromatic heterocycles. The fourth-order valence-corrected chi connectivity index (χ4v) is 4.01. The van der Waals surface area contributed by atoms with E-state index < -0.39 is 5.97 Å². The Labute approximate surface area is 177 Å². The predicted octanol–water partition coefficient (Wildman–Crippen LogP) is 5.15. The molecular formula is C24H27ClN2O2. The number of benzene rings is 2. The van der Waals surface area contributed by atoms with Gasteiger partial charge in [-0.25, -0.2) is 4.79 Å². The number of aromatic nitrogens is 1. The smallest absolute Gasteiger partial charge is 0.337 e. The summed E-state index contributed by atoms with van der Waals surface area (Å²) in [6.45, 7) is 7.89. The fourth-order valence-electron chi connectivity index (χ4n) is 3.78. The number of hydrogen-bond acceptors (Lipinski definition) is 2. The Morgan fingerprint density at radius 3 is 2.31 bits per heavy atom. The van der Waals surface area contributed by atoms with Gasteiger partial charge in [0.1, 0.15) is 0 Å². The van der Waals surface area contributed by atoms with Crippen LogP contribution in [0.2, 0.25) is 5.02 Å². The average Bonchev–Trinajstić information content (AvgIpc) is 2.92. The van der Waals surface area contributed by atoms with Crippen LogP contribution in [0.1, 0.15) is 44.0 Å². The van der Waals surface area contributed by atoms with Gasteiger partial charge in [0.25, 0.3) is 0 Å². The van der Waals surface area contributed by atoms with Crippen LogP contribution in [0.5, 0.6) is 0 Å². The molecule has 0 saturated heterocycles. The zero-order chi connectivity index (χ0) is 21.0. The van der Waals surface area contributed by atoms with E-state index in [1.54, 1.807) is 0 Å². The first-order chi connectivity index (χ1) is 13.9. The molecule has 29 heavy (non-hydrogen) atoms. The van der Waals surface area contributed by atoms with E-state index in [4.69, 9.17) is 11.6 Å². The number of carbonyl (C=O) groups is 1. The van der Waals surface area contributed by atoms with Crippen molar-refractivity contribution in [3.05, 3.63) is 92.8 Å². The van der Waals surface area contributed by atoms with Crippen molar-refractivity contribution in [3.8, 4) is 0 Å². The van der Waals surface area contributed by atoms with Crippen LogP contribution in [0, 0.1) is 20.8 Å². The molecule has 0 aliphatic heterocycles. The number of hydrogen-bond donors (Lipinski definition) is 2. The minimum absolute atomic E-state index is 0.404. The standard InChI is InChI=1S/C24H27ClN2O2/c1-16-8-4-5-10-20(16)15-27-17(2)21(23(18(27)3)24(28)29)14-26-13-12-19-9-6-7-11-22(19)25/h4-11,26H,12-15H2,1-3H3,(H,28,29). The van der Waals surface area contributed by atoms with E-state index in [1.165, 1.54) is 11.1 Å². The lowest BCUT2D eigenvalue weighted by Crippen LogP contribution is -2.19. The van der Waals surface area contributed by atoms with Gasteiger partial charge in [-0.15, -0.1) is 0 Å². The molecule has 0 amide bonds.